The van der Waals surface area contributed by atoms with Gasteiger partial charge in [-0.1, -0.05) is 55.6 Å². The summed E-state index contributed by atoms with van der Waals surface area (Å²) in [6.45, 7) is 2.89. The van der Waals surface area contributed by atoms with Crippen molar-refractivity contribution in [3.05, 3.63) is 23.1 Å². The number of hydrogen-bond donors (Lipinski definition) is 0. The second-order valence-electron chi connectivity index (χ2n) is 4.75. The van der Waals surface area contributed by atoms with Gasteiger partial charge in [0.15, 0.2) is 0 Å². The Bertz CT molecular complexity index is 401. The van der Waals surface area contributed by atoms with Crippen molar-refractivity contribution in [2.24, 2.45) is 5.92 Å². The van der Waals surface area contributed by atoms with E-state index in [1.54, 1.807) is 4.90 Å². The van der Waals surface area contributed by atoms with Crippen molar-refractivity contribution in [3.8, 4) is 0 Å². The quantitative estimate of drug-likeness (QED) is 0.443. The molecule has 2 nitrogen and oxygen atoms in total. The Balaban J connectivity index is 2.02. The third kappa shape index (κ3) is 3.23. The fourth-order valence-electron chi connectivity index (χ4n) is 2.21. The standard InChI is InChI=1S/C14H19NOS2/c1-2-3-9-15-13(16)12(18-14(15)17)10-11-7-5-4-6-8-11/h4-5,10-11H,2-3,6-9H2,1H3/b12-10-/t11-/m0/s1. The lowest BCUT2D eigenvalue weighted by molar-refractivity contribution is -0.122. The van der Waals surface area contributed by atoms with Crippen LogP contribution in [0.3, 0.4) is 0 Å². The van der Waals surface area contributed by atoms with Crippen LogP contribution in [0.15, 0.2) is 23.1 Å². The van der Waals surface area contributed by atoms with E-state index in [9.17, 15) is 4.79 Å². The van der Waals surface area contributed by atoms with E-state index in [-0.39, 0.29) is 5.91 Å². The molecular weight excluding hydrogens is 262 g/mol. The maximum atomic E-state index is 12.2. The van der Waals surface area contributed by atoms with E-state index >= 15 is 0 Å². The van der Waals surface area contributed by atoms with Gasteiger partial charge >= 0.3 is 0 Å². The number of thiocarbonyl (C=S) groups is 1. The molecule has 0 N–H and O–H groups in total. The van der Waals surface area contributed by atoms with Crippen LogP contribution in [0.1, 0.15) is 39.0 Å². The average Bonchev–Trinajstić information content (AvgIpc) is 2.64. The minimum Gasteiger partial charge on any atom is -0.293 e. The zero-order valence-corrected chi connectivity index (χ0v) is 12.4. The molecule has 1 aliphatic heterocycles. The van der Waals surface area contributed by atoms with Crippen molar-refractivity contribution in [2.75, 3.05) is 6.54 Å². The van der Waals surface area contributed by atoms with Gasteiger partial charge < -0.3 is 0 Å². The Morgan fingerprint density at radius 2 is 2.39 bits per heavy atom. The van der Waals surface area contributed by atoms with Gasteiger partial charge in [0.1, 0.15) is 4.32 Å². The third-order valence-corrected chi connectivity index (χ3v) is 4.70. The number of nitrogens with zero attached hydrogens (tertiary/aromatic N) is 1. The predicted molar refractivity (Wildman–Crippen MR) is 81.4 cm³/mol. The van der Waals surface area contributed by atoms with Gasteiger partial charge in [-0.3, -0.25) is 9.69 Å². The van der Waals surface area contributed by atoms with E-state index in [2.05, 4.69) is 25.2 Å². The summed E-state index contributed by atoms with van der Waals surface area (Å²) in [7, 11) is 0. The van der Waals surface area contributed by atoms with Gasteiger partial charge in [0.2, 0.25) is 0 Å². The number of hydrogen-bond acceptors (Lipinski definition) is 3. The lowest BCUT2D eigenvalue weighted by Crippen LogP contribution is -2.29. The largest absolute Gasteiger partial charge is 0.293 e. The van der Waals surface area contributed by atoms with Crippen LogP contribution in [0, 0.1) is 5.92 Å². The van der Waals surface area contributed by atoms with Crippen LogP contribution in [0.4, 0.5) is 0 Å². The molecule has 1 atom stereocenters. The van der Waals surface area contributed by atoms with Crippen LogP contribution in [0.25, 0.3) is 0 Å². The molecule has 0 spiro atoms. The highest BCUT2D eigenvalue weighted by Gasteiger charge is 2.31. The summed E-state index contributed by atoms with van der Waals surface area (Å²) >= 11 is 6.76. The Morgan fingerprint density at radius 1 is 1.56 bits per heavy atom. The molecule has 0 aromatic carbocycles. The first-order valence-electron chi connectivity index (χ1n) is 6.63. The van der Waals surface area contributed by atoms with Crippen LogP contribution in [-0.2, 0) is 4.79 Å². The second kappa shape index (κ2) is 6.53. The van der Waals surface area contributed by atoms with Crippen molar-refractivity contribution in [1.82, 2.24) is 4.90 Å². The first-order valence-corrected chi connectivity index (χ1v) is 7.85. The van der Waals surface area contributed by atoms with Crippen molar-refractivity contribution in [2.45, 2.75) is 39.0 Å². The topological polar surface area (TPSA) is 20.3 Å². The normalized spacial score (nSPS) is 26.4. The minimum atomic E-state index is 0.119. The Morgan fingerprint density at radius 3 is 3.06 bits per heavy atom. The summed E-state index contributed by atoms with van der Waals surface area (Å²) in [5.74, 6) is 0.628. The summed E-state index contributed by atoms with van der Waals surface area (Å²) in [6.07, 6.45) is 12.0. The van der Waals surface area contributed by atoms with Crippen LogP contribution >= 0.6 is 24.0 Å². The summed E-state index contributed by atoms with van der Waals surface area (Å²) < 4.78 is 0.728. The third-order valence-electron chi connectivity index (χ3n) is 3.31. The highest BCUT2D eigenvalue weighted by atomic mass is 32.2. The first-order chi connectivity index (χ1) is 8.72. The molecule has 1 aliphatic carbocycles. The highest BCUT2D eigenvalue weighted by Crippen LogP contribution is 2.34. The van der Waals surface area contributed by atoms with Gasteiger partial charge in [-0.2, -0.15) is 0 Å². The smallest absolute Gasteiger partial charge is 0.265 e. The molecule has 0 aromatic heterocycles. The Hall–Kier alpha value is -0.610. The van der Waals surface area contributed by atoms with Gasteiger partial charge in [-0.15, -0.1) is 0 Å². The van der Waals surface area contributed by atoms with E-state index in [0.29, 0.717) is 5.92 Å². The van der Waals surface area contributed by atoms with Gasteiger partial charge in [0.05, 0.1) is 4.91 Å². The van der Waals surface area contributed by atoms with Crippen molar-refractivity contribution in [1.29, 1.82) is 0 Å². The molecule has 0 unspecified atom stereocenters. The zero-order chi connectivity index (χ0) is 13.0. The molecule has 98 valence electrons. The van der Waals surface area contributed by atoms with Crippen LogP contribution in [-0.4, -0.2) is 21.7 Å². The second-order valence-corrected chi connectivity index (χ2v) is 6.43. The highest BCUT2D eigenvalue weighted by molar-refractivity contribution is 8.26. The predicted octanol–water partition coefficient (Wildman–Crippen LogP) is 3.89. The van der Waals surface area contributed by atoms with Gasteiger partial charge in [0.25, 0.3) is 5.91 Å². The van der Waals surface area contributed by atoms with Gasteiger partial charge in [-0.25, -0.2) is 0 Å². The van der Waals surface area contributed by atoms with Crippen LogP contribution < -0.4 is 0 Å². The van der Waals surface area contributed by atoms with Crippen LogP contribution in [0.5, 0.6) is 0 Å². The van der Waals surface area contributed by atoms with Gasteiger partial charge in [0, 0.05) is 6.54 Å². The average molecular weight is 281 g/mol. The number of unbranched alkanes of at least 4 members (excludes halogenated alkanes) is 1. The lowest BCUT2D eigenvalue weighted by Gasteiger charge is -2.14. The number of amides is 1. The summed E-state index contributed by atoms with van der Waals surface area (Å²) in [5, 5.41) is 0. The number of allylic oxidation sites excluding steroid dienone is 3. The van der Waals surface area contributed by atoms with Crippen molar-refractivity contribution >= 4 is 34.2 Å². The van der Waals surface area contributed by atoms with Crippen molar-refractivity contribution in [3.63, 3.8) is 0 Å². The summed E-state index contributed by atoms with van der Waals surface area (Å²) in [4.78, 5) is 14.8. The van der Waals surface area contributed by atoms with E-state index in [1.165, 1.54) is 11.8 Å². The van der Waals surface area contributed by atoms with E-state index in [0.717, 1.165) is 47.9 Å². The SMILES string of the molecule is CCCCN1C(=O)/C(=C/[C@H]2CC=CCC2)SC1=S. The molecule has 1 amide bonds. The molecule has 1 saturated heterocycles. The van der Waals surface area contributed by atoms with Crippen LogP contribution in [0.2, 0.25) is 0 Å². The molecule has 0 bridgehead atoms. The fourth-order valence-corrected chi connectivity index (χ4v) is 3.58. The number of carbonyl (C=O) groups excluding carboxylic acids is 1. The maximum absolute atomic E-state index is 12.2. The number of carbonyl (C=O) groups is 1. The molecule has 2 rings (SSSR count). The molecule has 0 saturated carbocycles. The first kappa shape index (κ1) is 13.8. The molecular formula is C14H19NOS2. The summed E-state index contributed by atoms with van der Waals surface area (Å²) in [5.41, 5.74) is 0. The molecule has 0 aromatic rings. The van der Waals surface area contributed by atoms with E-state index in [4.69, 9.17) is 12.2 Å². The Labute approximate surface area is 118 Å². The lowest BCUT2D eigenvalue weighted by atomic mass is 9.94. The molecule has 2 aliphatic rings. The zero-order valence-electron chi connectivity index (χ0n) is 10.7. The minimum absolute atomic E-state index is 0.119. The van der Waals surface area contributed by atoms with E-state index < -0.39 is 0 Å². The molecule has 0 radical (unpaired) electrons. The molecule has 1 fully saturated rings. The Kier molecular flexibility index (Phi) is 5.01. The molecule has 1 heterocycles. The van der Waals surface area contributed by atoms with E-state index in [1.807, 2.05) is 0 Å². The molecule has 4 heteroatoms. The fraction of sp³-hybridized carbons (Fsp3) is 0.571. The number of thioether (sulfide) groups is 1. The summed E-state index contributed by atoms with van der Waals surface area (Å²) in [6, 6.07) is 0. The maximum Gasteiger partial charge on any atom is 0.265 e. The van der Waals surface area contributed by atoms with Gasteiger partial charge in [-0.05, 0) is 31.6 Å². The van der Waals surface area contributed by atoms with Crippen molar-refractivity contribution < 1.29 is 4.79 Å². The number of rotatable bonds is 4. The molecule has 18 heavy (non-hydrogen) atoms. The monoisotopic (exact) mass is 281 g/mol.